The van der Waals surface area contributed by atoms with Gasteiger partial charge in [-0.25, -0.2) is 4.79 Å². The number of aromatic nitrogens is 2. The van der Waals surface area contributed by atoms with Gasteiger partial charge in [0.1, 0.15) is 5.60 Å². The van der Waals surface area contributed by atoms with Gasteiger partial charge in [0, 0.05) is 36.6 Å². The smallest absolute Gasteiger partial charge is 0.410 e. The van der Waals surface area contributed by atoms with Crippen LogP contribution < -0.4 is 10.6 Å². The molecular weight excluding hydrogens is 382 g/mol. The summed E-state index contributed by atoms with van der Waals surface area (Å²) >= 11 is 0. The molecule has 8 heteroatoms. The van der Waals surface area contributed by atoms with Gasteiger partial charge in [0.05, 0.1) is 5.52 Å². The third-order valence-corrected chi connectivity index (χ3v) is 5.14. The van der Waals surface area contributed by atoms with Crippen molar-refractivity contribution in [1.82, 2.24) is 25.3 Å². The summed E-state index contributed by atoms with van der Waals surface area (Å²) in [7, 11) is 1.85. The summed E-state index contributed by atoms with van der Waals surface area (Å²) in [5.41, 5.74) is 0.790. The molecular formula is C22H33N5O3. The van der Waals surface area contributed by atoms with E-state index in [1.165, 1.54) is 0 Å². The lowest BCUT2D eigenvalue weighted by atomic mass is 10.1. The maximum Gasteiger partial charge on any atom is 0.410 e. The van der Waals surface area contributed by atoms with Crippen molar-refractivity contribution in [2.75, 3.05) is 20.1 Å². The van der Waals surface area contributed by atoms with Crippen molar-refractivity contribution in [3.63, 3.8) is 0 Å². The zero-order valence-corrected chi connectivity index (χ0v) is 18.7. The fourth-order valence-electron chi connectivity index (χ4n) is 3.90. The number of benzene rings is 1. The van der Waals surface area contributed by atoms with Gasteiger partial charge in [-0.1, -0.05) is 18.2 Å². The SMILES string of the molecule is CNC[C@@H]1C[C@H](NC(=O)c2nn(C(C)C)c3ccccc23)CN1C(=O)OC(C)(C)C. The second-order valence-corrected chi connectivity index (χ2v) is 9.15. The highest BCUT2D eigenvalue weighted by Gasteiger charge is 2.38. The minimum Gasteiger partial charge on any atom is -0.444 e. The van der Waals surface area contributed by atoms with E-state index < -0.39 is 5.60 Å². The molecule has 0 saturated carbocycles. The first-order chi connectivity index (χ1) is 14.1. The number of ether oxygens (including phenoxy) is 1. The van der Waals surface area contributed by atoms with E-state index in [1.807, 2.05) is 70.6 Å². The molecule has 1 fully saturated rings. The molecule has 164 valence electrons. The van der Waals surface area contributed by atoms with Crippen molar-refractivity contribution < 1.29 is 14.3 Å². The number of hydrogen-bond acceptors (Lipinski definition) is 5. The Labute approximate surface area is 177 Å². The number of para-hydroxylation sites is 1. The van der Waals surface area contributed by atoms with E-state index in [9.17, 15) is 9.59 Å². The van der Waals surface area contributed by atoms with Gasteiger partial charge >= 0.3 is 6.09 Å². The fourth-order valence-corrected chi connectivity index (χ4v) is 3.90. The molecule has 1 aliphatic heterocycles. The molecule has 30 heavy (non-hydrogen) atoms. The second-order valence-electron chi connectivity index (χ2n) is 9.15. The van der Waals surface area contributed by atoms with Crippen LogP contribution in [-0.2, 0) is 4.74 Å². The lowest BCUT2D eigenvalue weighted by Gasteiger charge is -2.28. The van der Waals surface area contributed by atoms with E-state index in [2.05, 4.69) is 15.7 Å². The minimum atomic E-state index is -0.564. The van der Waals surface area contributed by atoms with Crippen LogP contribution in [0.2, 0.25) is 0 Å². The average molecular weight is 416 g/mol. The first-order valence-corrected chi connectivity index (χ1v) is 10.5. The van der Waals surface area contributed by atoms with Crippen molar-refractivity contribution in [3.8, 4) is 0 Å². The molecule has 2 atom stereocenters. The van der Waals surface area contributed by atoms with Crippen LogP contribution >= 0.6 is 0 Å². The Hall–Kier alpha value is -2.61. The number of amides is 2. The molecule has 1 saturated heterocycles. The van der Waals surface area contributed by atoms with Gasteiger partial charge in [-0.15, -0.1) is 0 Å². The van der Waals surface area contributed by atoms with Gasteiger partial charge in [-0.2, -0.15) is 5.10 Å². The quantitative estimate of drug-likeness (QED) is 0.784. The lowest BCUT2D eigenvalue weighted by molar-refractivity contribution is 0.0224. The topological polar surface area (TPSA) is 88.5 Å². The Bertz CT molecular complexity index is 915. The molecule has 0 spiro atoms. The summed E-state index contributed by atoms with van der Waals surface area (Å²) in [6.07, 6.45) is 0.309. The molecule has 0 unspecified atom stereocenters. The van der Waals surface area contributed by atoms with Gasteiger partial charge in [-0.3, -0.25) is 9.48 Å². The highest BCUT2D eigenvalue weighted by molar-refractivity contribution is 6.05. The van der Waals surface area contributed by atoms with Gasteiger partial charge in [-0.05, 0) is 54.2 Å². The van der Waals surface area contributed by atoms with E-state index in [0.29, 0.717) is 25.2 Å². The average Bonchev–Trinajstić information content (AvgIpc) is 3.22. The Morgan fingerprint density at radius 3 is 2.60 bits per heavy atom. The molecule has 0 aliphatic carbocycles. The number of rotatable bonds is 5. The largest absolute Gasteiger partial charge is 0.444 e. The molecule has 8 nitrogen and oxygen atoms in total. The highest BCUT2D eigenvalue weighted by Crippen LogP contribution is 2.24. The molecule has 2 aromatic rings. The van der Waals surface area contributed by atoms with E-state index in [4.69, 9.17) is 4.74 Å². The highest BCUT2D eigenvalue weighted by atomic mass is 16.6. The van der Waals surface area contributed by atoms with E-state index in [-0.39, 0.29) is 30.1 Å². The lowest BCUT2D eigenvalue weighted by Crippen LogP contribution is -2.44. The number of nitrogens with one attached hydrogen (secondary N) is 2. The fraction of sp³-hybridized carbons (Fsp3) is 0.591. The summed E-state index contributed by atoms with van der Waals surface area (Å²) in [5, 5.41) is 11.6. The third kappa shape index (κ3) is 4.75. The predicted octanol–water partition coefficient (Wildman–Crippen LogP) is 2.94. The van der Waals surface area contributed by atoms with Crippen LogP contribution in [0.5, 0.6) is 0 Å². The Morgan fingerprint density at radius 1 is 1.27 bits per heavy atom. The van der Waals surface area contributed by atoms with Gasteiger partial charge in [0.2, 0.25) is 0 Å². The Morgan fingerprint density at radius 2 is 1.97 bits per heavy atom. The predicted molar refractivity (Wildman–Crippen MR) is 117 cm³/mol. The maximum absolute atomic E-state index is 13.1. The number of likely N-dealkylation sites (N-methyl/N-ethyl adjacent to an activating group) is 1. The Balaban J connectivity index is 1.77. The molecule has 2 amide bonds. The maximum atomic E-state index is 13.1. The number of nitrogens with zero attached hydrogens (tertiary/aromatic N) is 3. The van der Waals surface area contributed by atoms with Crippen LogP contribution in [0.25, 0.3) is 10.9 Å². The van der Waals surface area contributed by atoms with Gasteiger partial charge in [0.15, 0.2) is 5.69 Å². The Kier molecular flexibility index (Phi) is 6.36. The van der Waals surface area contributed by atoms with Crippen LogP contribution in [0.15, 0.2) is 24.3 Å². The standard InChI is InChI=1S/C22H33N5O3/c1-14(2)27-18-10-8-7-9-17(18)19(25-27)20(28)24-15-11-16(12-23-6)26(13-15)21(29)30-22(3,4)5/h7-10,14-16,23H,11-13H2,1-6H3,(H,24,28)/t15-,16-/m0/s1. The van der Waals surface area contributed by atoms with E-state index >= 15 is 0 Å². The van der Waals surface area contributed by atoms with Crippen molar-refractivity contribution in [3.05, 3.63) is 30.0 Å². The summed E-state index contributed by atoms with van der Waals surface area (Å²) in [6.45, 7) is 10.7. The molecule has 1 aliphatic rings. The first kappa shape index (κ1) is 22.1. The number of hydrogen-bond donors (Lipinski definition) is 2. The van der Waals surface area contributed by atoms with E-state index in [0.717, 1.165) is 10.9 Å². The summed E-state index contributed by atoms with van der Waals surface area (Å²) in [4.78, 5) is 27.4. The molecule has 2 heterocycles. The van der Waals surface area contributed by atoms with Crippen LogP contribution in [0, 0.1) is 0 Å². The van der Waals surface area contributed by atoms with Crippen molar-refractivity contribution >= 4 is 22.9 Å². The number of fused-ring (bicyclic) bond motifs is 1. The van der Waals surface area contributed by atoms with Crippen LogP contribution in [0.3, 0.4) is 0 Å². The molecule has 1 aromatic carbocycles. The van der Waals surface area contributed by atoms with Crippen LogP contribution in [-0.4, -0.2) is 64.5 Å². The summed E-state index contributed by atoms with van der Waals surface area (Å²) in [6, 6.07) is 7.69. The van der Waals surface area contributed by atoms with Crippen LogP contribution in [0.1, 0.15) is 57.6 Å². The number of carbonyl (C=O) groups is 2. The zero-order valence-electron chi connectivity index (χ0n) is 18.7. The third-order valence-electron chi connectivity index (χ3n) is 5.14. The summed E-state index contributed by atoms with van der Waals surface area (Å²) in [5.74, 6) is -0.218. The number of carbonyl (C=O) groups excluding carboxylic acids is 2. The molecule has 0 bridgehead atoms. The molecule has 1 aromatic heterocycles. The minimum absolute atomic E-state index is 0.0416. The molecule has 0 radical (unpaired) electrons. The molecule has 2 N–H and O–H groups in total. The monoisotopic (exact) mass is 415 g/mol. The molecule has 3 rings (SSSR count). The van der Waals surface area contributed by atoms with Crippen LogP contribution in [0.4, 0.5) is 4.79 Å². The second kappa shape index (κ2) is 8.63. The van der Waals surface area contributed by atoms with E-state index in [1.54, 1.807) is 4.90 Å². The van der Waals surface area contributed by atoms with Crippen molar-refractivity contribution in [1.29, 1.82) is 0 Å². The van der Waals surface area contributed by atoms with Crippen molar-refractivity contribution in [2.45, 2.75) is 64.8 Å². The number of likely N-dealkylation sites (tertiary alicyclic amines) is 1. The zero-order chi connectivity index (χ0) is 22.1. The normalized spacial score (nSPS) is 19.5. The van der Waals surface area contributed by atoms with Gasteiger partial charge < -0.3 is 20.3 Å². The first-order valence-electron chi connectivity index (χ1n) is 10.5. The van der Waals surface area contributed by atoms with Gasteiger partial charge in [0.25, 0.3) is 5.91 Å². The van der Waals surface area contributed by atoms with Crippen molar-refractivity contribution in [2.24, 2.45) is 0 Å². The summed E-state index contributed by atoms with van der Waals surface area (Å²) < 4.78 is 7.43.